The summed E-state index contributed by atoms with van der Waals surface area (Å²) in [7, 11) is 2.01. The Balaban J connectivity index is 1.42. The van der Waals surface area contributed by atoms with Gasteiger partial charge in [-0.15, -0.1) is 5.53 Å². The van der Waals surface area contributed by atoms with E-state index in [9.17, 15) is 9.90 Å². The number of benzene rings is 2. The minimum atomic E-state index is -0.835. The number of hydrogen-bond acceptors (Lipinski definition) is 5. The third kappa shape index (κ3) is 5.69. The standard InChI is InChI=1S/C32H43N5O2/c1-22-12-14-27(19-26(22)21-36-17-16-33-29(36)18-24-10-8-6-7-9-11-24)37-30-23(2)25(20-32(3,4)31(38)39)13-15-28(30)35(5)34-37/h12-17,19,24,34H,6-11,18,20-21H2,1-5H3,(H,38,39). The summed E-state index contributed by atoms with van der Waals surface area (Å²) in [6, 6.07) is 10.8. The number of anilines is 3. The summed E-state index contributed by atoms with van der Waals surface area (Å²) in [5, 5.41) is 13.9. The Kier molecular flexibility index (Phi) is 7.72. The van der Waals surface area contributed by atoms with Crippen LogP contribution in [0.2, 0.25) is 0 Å². The average molecular weight is 530 g/mol. The highest BCUT2D eigenvalue weighted by molar-refractivity contribution is 5.84. The van der Waals surface area contributed by atoms with E-state index in [0.717, 1.165) is 47.1 Å². The molecule has 2 aromatic carbocycles. The number of nitrogens with zero attached hydrogens (tertiary/aromatic N) is 4. The van der Waals surface area contributed by atoms with E-state index in [1.165, 1.54) is 55.5 Å². The van der Waals surface area contributed by atoms with Crippen molar-refractivity contribution in [2.75, 3.05) is 17.1 Å². The summed E-state index contributed by atoms with van der Waals surface area (Å²) in [4.78, 5) is 16.6. The van der Waals surface area contributed by atoms with Crippen molar-refractivity contribution in [3.8, 4) is 0 Å². The third-order valence-electron chi connectivity index (χ3n) is 8.75. The molecule has 0 radical (unpaired) electrons. The van der Waals surface area contributed by atoms with Crippen LogP contribution in [0.3, 0.4) is 0 Å². The monoisotopic (exact) mass is 529 g/mol. The Morgan fingerprint density at radius 2 is 1.82 bits per heavy atom. The molecule has 0 amide bonds. The molecule has 1 fully saturated rings. The lowest BCUT2D eigenvalue weighted by Gasteiger charge is -2.25. The molecular weight excluding hydrogens is 486 g/mol. The summed E-state index contributed by atoms with van der Waals surface area (Å²) >= 11 is 0. The van der Waals surface area contributed by atoms with Gasteiger partial charge in [-0.2, -0.15) is 0 Å². The van der Waals surface area contributed by atoms with Crippen LogP contribution in [0.4, 0.5) is 17.1 Å². The lowest BCUT2D eigenvalue weighted by molar-refractivity contribution is -0.146. The largest absolute Gasteiger partial charge is 0.481 e. The maximum Gasteiger partial charge on any atom is 0.309 e. The number of nitrogens with one attached hydrogen (secondary N) is 1. The van der Waals surface area contributed by atoms with Crippen molar-refractivity contribution >= 4 is 23.0 Å². The van der Waals surface area contributed by atoms with Gasteiger partial charge in [0.05, 0.1) is 22.5 Å². The first-order chi connectivity index (χ1) is 18.6. The van der Waals surface area contributed by atoms with Crippen LogP contribution in [0.1, 0.15) is 80.5 Å². The molecule has 39 heavy (non-hydrogen) atoms. The Morgan fingerprint density at radius 1 is 1.08 bits per heavy atom. The molecule has 1 aliphatic heterocycles. The normalized spacial score (nSPS) is 16.4. The highest BCUT2D eigenvalue weighted by Gasteiger charge is 2.32. The van der Waals surface area contributed by atoms with Crippen LogP contribution in [0.25, 0.3) is 0 Å². The molecule has 7 nitrogen and oxygen atoms in total. The minimum absolute atomic E-state index is 0.475. The highest BCUT2D eigenvalue weighted by Crippen LogP contribution is 2.42. The van der Waals surface area contributed by atoms with Gasteiger partial charge in [-0.25, -0.2) is 4.98 Å². The van der Waals surface area contributed by atoms with Gasteiger partial charge in [-0.05, 0) is 80.5 Å². The molecule has 0 spiro atoms. The Labute approximate surface area is 232 Å². The molecule has 208 valence electrons. The van der Waals surface area contributed by atoms with Crippen molar-refractivity contribution in [3.05, 3.63) is 70.8 Å². The summed E-state index contributed by atoms with van der Waals surface area (Å²) in [5.74, 6) is 1.15. The van der Waals surface area contributed by atoms with Crippen LogP contribution >= 0.6 is 0 Å². The molecule has 0 unspecified atom stereocenters. The summed E-state index contributed by atoms with van der Waals surface area (Å²) < 4.78 is 2.33. The summed E-state index contributed by atoms with van der Waals surface area (Å²) in [6.45, 7) is 8.65. The molecule has 1 saturated carbocycles. The van der Waals surface area contributed by atoms with Crippen molar-refractivity contribution in [1.82, 2.24) is 15.1 Å². The Morgan fingerprint density at radius 3 is 2.54 bits per heavy atom. The molecule has 5 rings (SSSR count). The molecule has 0 bridgehead atoms. The van der Waals surface area contributed by atoms with Gasteiger partial charge in [0, 0.05) is 32.4 Å². The molecule has 1 aliphatic carbocycles. The van der Waals surface area contributed by atoms with E-state index in [1.807, 2.05) is 18.3 Å². The predicted octanol–water partition coefficient (Wildman–Crippen LogP) is 6.72. The summed E-state index contributed by atoms with van der Waals surface area (Å²) in [5.41, 5.74) is 10.5. The van der Waals surface area contributed by atoms with Crippen LogP contribution in [-0.2, 0) is 24.2 Å². The van der Waals surface area contributed by atoms with Crippen LogP contribution < -0.4 is 15.6 Å². The molecule has 1 aromatic heterocycles. The predicted molar refractivity (Wildman–Crippen MR) is 157 cm³/mol. The number of aliphatic carboxylic acids is 1. The van der Waals surface area contributed by atoms with E-state index in [-0.39, 0.29) is 0 Å². The molecule has 0 atom stereocenters. The zero-order valence-corrected chi connectivity index (χ0v) is 24.1. The molecule has 2 heterocycles. The smallest absolute Gasteiger partial charge is 0.309 e. The fourth-order valence-electron chi connectivity index (χ4n) is 6.12. The maximum atomic E-state index is 11.8. The number of fused-ring (bicyclic) bond motifs is 1. The highest BCUT2D eigenvalue weighted by atomic mass is 16.4. The topological polar surface area (TPSA) is 73.6 Å². The lowest BCUT2D eigenvalue weighted by atomic mass is 9.84. The van der Waals surface area contributed by atoms with Crippen molar-refractivity contribution in [2.45, 2.75) is 85.6 Å². The van der Waals surface area contributed by atoms with Gasteiger partial charge in [0.2, 0.25) is 0 Å². The van der Waals surface area contributed by atoms with E-state index < -0.39 is 11.4 Å². The quantitative estimate of drug-likeness (QED) is 0.316. The first kappa shape index (κ1) is 27.3. The number of imidazole rings is 1. The van der Waals surface area contributed by atoms with Crippen molar-refractivity contribution in [3.63, 3.8) is 0 Å². The van der Waals surface area contributed by atoms with Gasteiger partial charge in [-0.3, -0.25) is 14.8 Å². The number of aromatic nitrogens is 2. The van der Waals surface area contributed by atoms with Gasteiger partial charge in [0.25, 0.3) is 0 Å². The van der Waals surface area contributed by atoms with Crippen molar-refractivity contribution in [1.29, 1.82) is 0 Å². The second-order valence-corrected chi connectivity index (χ2v) is 12.2. The van der Waals surface area contributed by atoms with Crippen molar-refractivity contribution in [2.24, 2.45) is 11.3 Å². The van der Waals surface area contributed by atoms with Crippen LogP contribution in [-0.4, -0.2) is 27.7 Å². The van der Waals surface area contributed by atoms with E-state index in [4.69, 9.17) is 4.98 Å². The number of aryl methyl sites for hydroxylation is 1. The number of hydrogen-bond donors (Lipinski definition) is 2. The Bertz CT molecular complexity index is 1340. The molecule has 7 heteroatoms. The number of carboxylic acids is 1. The van der Waals surface area contributed by atoms with E-state index in [0.29, 0.717) is 6.42 Å². The third-order valence-corrected chi connectivity index (χ3v) is 8.75. The Hall–Kier alpha value is -3.32. The first-order valence-electron chi connectivity index (χ1n) is 14.4. The van der Waals surface area contributed by atoms with Gasteiger partial charge in [0.15, 0.2) is 0 Å². The van der Waals surface area contributed by atoms with Gasteiger partial charge in [-0.1, -0.05) is 50.7 Å². The number of carboxylic acid groups (broad SMARTS) is 1. The van der Waals surface area contributed by atoms with Gasteiger partial charge < -0.3 is 9.67 Å². The number of rotatable bonds is 8. The average Bonchev–Trinajstić information content (AvgIpc) is 3.36. The van der Waals surface area contributed by atoms with Crippen LogP contribution in [0.5, 0.6) is 0 Å². The second kappa shape index (κ2) is 11.0. The van der Waals surface area contributed by atoms with Crippen molar-refractivity contribution < 1.29 is 9.90 Å². The van der Waals surface area contributed by atoms with Gasteiger partial charge >= 0.3 is 5.97 Å². The second-order valence-electron chi connectivity index (χ2n) is 12.2. The van der Waals surface area contributed by atoms with Gasteiger partial charge in [0.1, 0.15) is 5.82 Å². The first-order valence-corrected chi connectivity index (χ1v) is 14.4. The molecule has 0 saturated heterocycles. The van der Waals surface area contributed by atoms with Crippen LogP contribution in [0, 0.1) is 25.2 Å². The molecule has 3 aromatic rings. The van der Waals surface area contributed by atoms with E-state index in [2.05, 4.69) is 65.5 Å². The maximum absolute atomic E-state index is 11.8. The lowest BCUT2D eigenvalue weighted by Crippen LogP contribution is -2.39. The molecule has 2 aliphatic rings. The minimum Gasteiger partial charge on any atom is -0.481 e. The number of carbonyl (C=O) groups is 1. The molecule has 2 N–H and O–H groups in total. The van der Waals surface area contributed by atoms with E-state index in [1.54, 1.807) is 13.8 Å². The van der Waals surface area contributed by atoms with Crippen LogP contribution in [0.15, 0.2) is 42.7 Å². The summed E-state index contributed by atoms with van der Waals surface area (Å²) in [6.07, 6.45) is 13.7. The fourth-order valence-corrected chi connectivity index (χ4v) is 6.12. The zero-order chi connectivity index (χ0) is 27.7. The fraction of sp³-hybridized carbons (Fsp3) is 0.500. The SMILES string of the molecule is Cc1ccc(N2NN(C)c3ccc(CC(C)(C)C(=O)O)c(C)c32)cc1Cn1ccnc1CC1CCCCCC1. The van der Waals surface area contributed by atoms with E-state index >= 15 is 0 Å². The zero-order valence-electron chi connectivity index (χ0n) is 24.1. The molecular formula is C32H43N5O2. The number of hydrazine groups is 2.